The first-order chi connectivity index (χ1) is 24.7. The first-order valence-corrected chi connectivity index (χ1v) is 18.4. The molecule has 11 nitrogen and oxygen atoms in total. The zero-order chi connectivity index (χ0) is 35.3. The van der Waals surface area contributed by atoms with Crippen LogP contribution >= 0.6 is 0 Å². The molecule has 1 saturated carbocycles. The van der Waals surface area contributed by atoms with Gasteiger partial charge in [0.25, 0.3) is 0 Å². The molecular weight excluding hydrogens is 649 g/mol. The van der Waals surface area contributed by atoms with E-state index in [0.717, 1.165) is 69.3 Å². The zero-order valence-corrected chi connectivity index (χ0v) is 29.6. The van der Waals surface area contributed by atoms with E-state index in [-0.39, 0.29) is 29.0 Å². The van der Waals surface area contributed by atoms with Crippen molar-refractivity contribution in [3.63, 3.8) is 0 Å². The highest BCUT2D eigenvalue weighted by atomic mass is 19.1. The first-order valence-electron chi connectivity index (χ1n) is 18.4. The number of nitrogen functional groups attached to an aromatic ring is 1. The summed E-state index contributed by atoms with van der Waals surface area (Å²) < 4.78 is 30.2. The number of pyridine rings is 3. The Morgan fingerprint density at radius 3 is 2.69 bits per heavy atom. The molecule has 0 amide bonds. The minimum Gasteiger partial charge on any atom is -0.487 e. The smallest absolute Gasteiger partial charge is 0.213 e. The number of piperidine rings is 2. The fraction of sp³-hybridized carbons (Fsp3) is 0.513. The molecule has 0 bridgehead atoms. The Morgan fingerprint density at radius 1 is 1.10 bits per heavy atom. The molecule has 3 N–H and O–H groups in total. The predicted octanol–water partition coefficient (Wildman–Crippen LogP) is 5.28. The van der Waals surface area contributed by atoms with Crippen LogP contribution in [0, 0.1) is 11.2 Å². The molecule has 3 atom stereocenters. The molecule has 12 heteroatoms. The van der Waals surface area contributed by atoms with Gasteiger partial charge in [-0.25, -0.2) is 14.4 Å². The van der Waals surface area contributed by atoms with E-state index < -0.39 is 5.82 Å². The van der Waals surface area contributed by atoms with Gasteiger partial charge in [0.1, 0.15) is 18.1 Å². The Labute approximate surface area is 297 Å². The van der Waals surface area contributed by atoms with E-state index in [1.807, 2.05) is 36.7 Å². The number of hydrogen-bond acceptors (Lipinski definition) is 10. The van der Waals surface area contributed by atoms with E-state index in [2.05, 4.69) is 36.2 Å². The highest BCUT2D eigenvalue weighted by molar-refractivity contribution is 5.92. The number of aliphatic hydroxyl groups is 1. The van der Waals surface area contributed by atoms with Crippen LogP contribution in [0.5, 0.6) is 11.6 Å². The number of rotatable bonds is 8. The number of hydrogen-bond donors (Lipinski definition) is 2. The number of aromatic nitrogens is 3. The average Bonchev–Trinajstić information content (AvgIpc) is 3.51. The van der Waals surface area contributed by atoms with E-state index in [4.69, 9.17) is 15.2 Å². The van der Waals surface area contributed by atoms with Crippen molar-refractivity contribution in [1.82, 2.24) is 19.4 Å². The molecule has 3 aliphatic heterocycles. The van der Waals surface area contributed by atoms with Gasteiger partial charge >= 0.3 is 0 Å². The molecule has 6 heterocycles. The van der Waals surface area contributed by atoms with Crippen molar-refractivity contribution in [2.75, 3.05) is 55.4 Å². The minimum atomic E-state index is -0.420. The summed E-state index contributed by atoms with van der Waals surface area (Å²) in [6.45, 7) is 6.51. The van der Waals surface area contributed by atoms with Gasteiger partial charge in [-0.1, -0.05) is 0 Å². The summed E-state index contributed by atoms with van der Waals surface area (Å²) in [5.41, 5.74) is 9.66. The number of anilines is 3. The largest absolute Gasteiger partial charge is 0.487 e. The molecule has 8 rings (SSSR count). The van der Waals surface area contributed by atoms with Crippen LogP contribution < -0.4 is 30.4 Å². The Hall–Kier alpha value is -4.42. The lowest BCUT2D eigenvalue weighted by Crippen LogP contribution is -2.48. The number of ether oxygens (including phenoxy) is 2. The fourth-order valence-corrected chi connectivity index (χ4v) is 9.01. The van der Waals surface area contributed by atoms with Crippen LogP contribution in [-0.2, 0) is 13.1 Å². The van der Waals surface area contributed by atoms with Crippen molar-refractivity contribution in [2.24, 2.45) is 5.41 Å². The summed E-state index contributed by atoms with van der Waals surface area (Å²) >= 11 is 0. The van der Waals surface area contributed by atoms with E-state index in [9.17, 15) is 9.90 Å². The van der Waals surface area contributed by atoms with Crippen molar-refractivity contribution < 1.29 is 19.0 Å². The molecule has 1 aromatic carbocycles. The molecule has 4 aliphatic rings. The number of methoxy groups -OCH3 is 1. The normalized spacial score (nSPS) is 22.9. The molecule has 1 aliphatic carbocycles. The van der Waals surface area contributed by atoms with Crippen molar-refractivity contribution >= 4 is 28.1 Å². The third-order valence-electron chi connectivity index (χ3n) is 11.8. The molecule has 3 fully saturated rings. The SMILES string of the molecule is COc1cc(CN(Cc2cn3c4c(c(N5CCC6(CCC(O)C6)CC5)c(F)cc4c2=O)OCC3C)[C@H]2CCCN(c3ccc(N)nc3)C2)ccn1. The molecule has 0 radical (unpaired) electrons. The number of nitrogens with zero attached hydrogens (tertiary/aromatic N) is 6. The van der Waals surface area contributed by atoms with Crippen molar-refractivity contribution in [3.05, 3.63) is 76.1 Å². The molecule has 1 spiro atoms. The second-order valence-electron chi connectivity index (χ2n) is 15.2. The Bertz CT molecular complexity index is 1960. The summed E-state index contributed by atoms with van der Waals surface area (Å²) in [6, 6.07) is 9.29. The molecule has 4 aromatic rings. The van der Waals surface area contributed by atoms with Crippen molar-refractivity contribution in [3.8, 4) is 11.6 Å². The Balaban J connectivity index is 1.14. The highest BCUT2D eigenvalue weighted by Crippen LogP contribution is 2.49. The van der Waals surface area contributed by atoms with E-state index in [1.54, 1.807) is 13.3 Å². The lowest BCUT2D eigenvalue weighted by molar-refractivity contribution is 0.144. The lowest BCUT2D eigenvalue weighted by atomic mass is 9.77. The summed E-state index contributed by atoms with van der Waals surface area (Å²) in [6.07, 6.45) is 11.8. The van der Waals surface area contributed by atoms with Gasteiger partial charge in [0.05, 0.1) is 42.0 Å². The van der Waals surface area contributed by atoms with E-state index >= 15 is 4.39 Å². The van der Waals surface area contributed by atoms with Crippen molar-refractivity contribution in [2.45, 2.75) is 83.1 Å². The minimum absolute atomic E-state index is 0.0386. The lowest BCUT2D eigenvalue weighted by Gasteiger charge is -2.42. The Morgan fingerprint density at radius 2 is 1.94 bits per heavy atom. The number of halogens is 1. The molecule has 51 heavy (non-hydrogen) atoms. The van der Waals surface area contributed by atoms with Gasteiger partial charge in [-0.05, 0) is 87.1 Å². The van der Waals surface area contributed by atoms with Gasteiger partial charge in [-0.3, -0.25) is 9.69 Å². The second kappa shape index (κ2) is 13.6. The van der Waals surface area contributed by atoms with Crippen molar-refractivity contribution in [1.29, 1.82) is 0 Å². The fourth-order valence-electron chi connectivity index (χ4n) is 9.01. The number of benzene rings is 1. The maximum Gasteiger partial charge on any atom is 0.213 e. The standard InChI is InChI=1S/C39H48FN7O4/c1-25-24-51-38-35-31(17-32(40)36(38)44-14-10-39(11-15-44)9-7-30(48)18-39)37(49)27(22-47(25)35)21-46(20-26-8-12-42-34(16-26)50-2)29-4-3-13-45(23-29)28-5-6-33(41)43-19-28/h5-6,8,12,16-17,19,22,25,29-30,48H,3-4,7,9-11,13-15,18,20-21,23-24H2,1-2H3,(H2,41,43)/t25?,29-,30?/m0/s1. The first kappa shape index (κ1) is 33.7. The van der Waals surface area contributed by atoms with E-state index in [1.165, 1.54) is 6.07 Å². The molecule has 2 saturated heterocycles. The zero-order valence-electron chi connectivity index (χ0n) is 29.6. The maximum atomic E-state index is 16.3. The molecular formula is C39H48FN7O4. The Kier molecular flexibility index (Phi) is 9.00. The van der Waals surface area contributed by atoms with Gasteiger partial charge < -0.3 is 34.7 Å². The summed E-state index contributed by atoms with van der Waals surface area (Å²) in [5, 5.41) is 10.6. The van der Waals surface area contributed by atoms with Crippen LogP contribution in [0.2, 0.25) is 0 Å². The van der Waals surface area contributed by atoms with Gasteiger partial charge in [0, 0.05) is 69.3 Å². The molecule has 3 aromatic heterocycles. The number of aliphatic hydroxyl groups excluding tert-OH is 1. The van der Waals surface area contributed by atoms with Crippen LogP contribution in [0.1, 0.15) is 69.0 Å². The number of nitrogens with two attached hydrogens (primary N) is 1. The van der Waals surface area contributed by atoms with Crippen LogP contribution in [0.3, 0.4) is 0 Å². The monoisotopic (exact) mass is 697 g/mol. The summed E-state index contributed by atoms with van der Waals surface area (Å²) in [5.74, 6) is 1.07. The van der Waals surface area contributed by atoms with Gasteiger partial charge in [0.2, 0.25) is 5.88 Å². The predicted molar refractivity (Wildman–Crippen MR) is 196 cm³/mol. The highest BCUT2D eigenvalue weighted by Gasteiger charge is 2.42. The second-order valence-corrected chi connectivity index (χ2v) is 15.2. The van der Waals surface area contributed by atoms with Crippen LogP contribution in [0.15, 0.2) is 53.7 Å². The van der Waals surface area contributed by atoms with Gasteiger partial charge in [-0.2, -0.15) is 0 Å². The van der Waals surface area contributed by atoms with Gasteiger partial charge in [0.15, 0.2) is 17.0 Å². The quantitative estimate of drug-likeness (QED) is 0.252. The van der Waals surface area contributed by atoms with Crippen LogP contribution in [-0.4, -0.2) is 76.6 Å². The van der Waals surface area contributed by atoms with Gasteiger partial charge in [-0.15, -0.1) is 0 Å². The van der Waals surface area contributed by atoms with Crippen LogP contribution in [0.25, 0.3) is 10.9 Å². The van der Waals surface area contributed by atoms with E-state index in [0.29, 0.717) is 72.4 Å². The third kappa shape index (κ3) is 6.48. The third-order valence-corrected chi connectivity index (χ3v) is 11.8. The molecule has 270 valence electrons. The average molecular weight is 698 g/mol. The summed E-state index contributed by atoms with van der Waals surface area (Å²) in [7, 11) is 1.61. The molecule has 2 unspecified atom stereocenters. The summed E-state index contributed by atoms with van der Waals surface area (Å²) in [4.78, 5) is 29.9. The maximum absolute atomic E-state index is 16.3. The van der Waals surface area contributed by atoms with Crippen LogP contribution in [0.4, 0.5) is 21.6 Å². The topological polar surface area (TPSA) is 122 Å².